The van der Waals surface area contributed by atoms with Gasteiger partial charge < -0.3 is 9.63 Å². The van der Waals surface area contributed by atoms with Crippen LogP contribution in [0.5, 0.6) is 0 Å². The second-order valence-corrected chi connectivity index (χ2v) is 6.53. The summed E-state index contributed by atoms with van der Waals surface area (Å²) in [6, 6.07) is 10.4. The van der Waals surface area contributed by atoms with Gasteiger partial charge in [0.05, 0.1) is 11.6 Å². The number of Topliss-reactive ketones (excluding diaryl/α,β-unsaturated/α-hetero) is 1. The minimum absolute atomic E-state index is 0.0528. The van der Waals surface area contributed by atoms with Gasteiger partial charge in [-0.05, 0) is 48.9 Å². The zero-order valence-electron chi connectivity index (χ0n) is 15.1. The van der Waals surface area contributed by atoms with Crippen LogP contribution in [-0.2, 0) is 9.59 Å². The van der Waals surface area contributed by atoms with Gasteiger partial charge in [-0.25, -0.2) is 8.78 Å². The number of anilines is 1. The summed E-state index contributed by atoms with van der Waals surface area (Å²) < 4.78 is 32.2. The highest BCUT2D eigenvalue weighted by Crippen LogP contribution is 2.41. The largest absolute Gasteiger partial charge is 0.507 e. The number of ketones is 1. The molecule has 1 atom stereocenters. The molecule has 8 heteroatoms. The molecule has 1 aliphatic heterocycles. The maximum atomic E-state index is 13.9. The highest BCUT2D eigenvalue weighted by atomic mass is 19.1. The van der Waals surface area contributed by atoms with Crippen LogP contribution in [0.1, 0.15) is 22.9 Å². The van der Waals surface area contributed by atoms with Crippen molar-refractivity contribution in [2.75, 3.05) is 4.90 Å². The number of halogens is 2. The van der Waals surface area contributed by atoms with E-state index in [9.17, 15) is 23.5 Å². The third kappa shape index (κ3) is 3.18. The van der Waals surface area contributed by atoms with Gasteiger partial charge in [0.1, 0.15) is 23.2 Å². The average molecular weight is 396 g/mol. The molecular weight excluding hydrogens is 382 g/mol. The standard InChI is InChI=1S/C21H14F2N2O4/c1-11-9-16(24-29-11)25-18(13-3-2-4-15(23)10-13)17(20(27)21(25)28)19(26)12-5-7-14(22)8-6-12/h2-10,18,26H,1H3/b19-17+. The van der Waals surface area contributed by atoms with E-state index in [4.69, 9.17) is 4.52 Å². The minimum Gasteiger partial charge on any atom is -0.507 e. The van der Waals surface area contributed by atoms with E-state index < -0.39 is 35.1 Å². The number of aliphatic hydroxyl groups excluding tert-OH is 1. The average Bonchev–Trinajstić information content (AvgIpc) is 3.23. The molecule has 3 aromatic rings. The van der Waals surface area contributed by atoms with Crippen molar-refractivity contribution in [3.63, 3.8) is 0 Å². The molecule has 2 heterocycles. The Hall–Kier alpha value is -3.81. The van der Waals surface area contributed by atoms with Gasteiger partial charge in [0, 0.05) is 11.6 Å². The van der Waals surface area contributed by atoms with Gasteiger partial charge in [-0.3, -0.25) is 14.5 Å². The number of carbonyl (C=O) groups excluding carboxylic acids is 2. The van der Waals surface area contributed by atoms with Crippen molar-refractivity contribution < 1.29 is 28.0 Å². The first-order valence-electron chi connectivity index (χ1n) is 8.62. The predicted octanol–water partition coefficient (Wildman–Crippen LogP) is 3.89. The number of carbonyl (C=O) groups is 2. The molecule has 0 bridgehead atoms. The zero-order chi connectivity index (χ0) is 20.7. The first-order chi connectivity index (χ1) is 13.9. The molecule has 2 aromatic carbocycles. The third-order valence-corrected chi connectivity index (χ3v) is 4.59. The van der Waals surface area contributed by atoms with E-state index in [1.165, 1.54) is 36.4 Å². The highest BCUT2D eigenvalue weighted by molar-refractivity contribution is 6.51. The van der Waals surface area contributed by atoms with Gasteiger partial charge in [-0.15, -0.1) is 0 Å². The quantitative estimate of drug-likeness (QED) is 0.413. The number of hydrogen-bond acceptors (Lipinski definition) is 5. The number of aliphatic hydroxyl groups is 1. The van der Waals surface area contributed by atoms with Crippen molar-refractivity contribution in [3.05, 3.63) is 88.7 Å². The Morgan fingerprint density at radius 2 is 1.79 bits per heavy atom. The lowest BCUT2D eigenvalue weighted by Crippen LogP contribution is -2.29. The summed E-state index contributed by atoms with van der Waals surface area (Å²) in [5, 5.41) is 14.6. The number of hydrogen-bond donors (Lipinski definition) is 1. The Balaban J connectivity index is 1.95. The lowest BCUT2D eigenvalue weighted by molar-refractivity contribution is -0.132. The number of amides is 1. The summed E-state index contributed by atoms with van der Waals surface area (Å²) in [6.07, 6.45) is 0. The number of nitrogens with zero attached hydrogens (tertiary/aromatic N) is 2. The monoisotopic (exact) mass is 396 g/mol. The van der Waals surface area contributed by atoms with Crippen LogP contribution in [0, 0.1) is 18.6 Å². The van der Waals surface area contributed by atoms with Crippen LogP contribution in [0.3, 0.4) is 0 Å². The summed E-state index contributed by atoms with van der Waals surface area (Å²) in [5.74, 6) is -3.07. The van der Waals surface area contributed by atoms with Crippen LogP contribution in [0.2, 0.25) is 0 Å². The Labute approximate surface area is 163 Å². The van der Waals surface area contributed by atoms with E-state index in [0.717, 1.165) is 23.1 Å². The van der Waals surface area contributed by atoms with Crippen LogP contribution in [0.15, 0.2) is 64.7 Å². The Morgan fingerprint density at radius 1 is 1.07 bits per heavy atom. The van der Waals surface area contributed by atoms with Crippen molar-refractivity contribution in [1.29, 1.82) is 0 Å². The lowest BCUT2D eigenvalue weighted by atomic mass is 9.95. The fraction of sp³-hybridized carbons (Fsp3) is 0.0952. The van der Waals surface area contributed by atoms with Crippen molar-refractivity contribution in [1.82, 2.24) is 5.16 Å². The molecule has 4 rings (SSSR count). The molecule has 0 radical (unpaired) electrons. The van der Waals surface area contributed by atoms with Crippen LogP contribution >= 0.6 is 0 Å². The molecular formula is C21H14F2N2O4. The predicted molar refractivity (Wildman–Crippen MR) is 98.8 cm³/mol. The lowest BCUT2D eigenvalue weighted by Gasteiger charge is -2.22. The summed E-state index contributed by atoms with van der Waals surface area (Å²) in [7, 11) is 0. The van der Waals surface area contributed by atoms with Gasteiger partial charge >= 0.3 is 5.91 Å². The van der Waals surface area contributed by atoms with Crippen molar-refractivity contribution in [2.45, 2.75) is 13.0 Å². The molecule has 0 aliphatic carbocycles. The molecule has 1 amide bonds. The van der Waals surface area contributed by atoms with Crippen molar-refractivity contribution in [2.24, 2.45) is 0 Å². The second kappa shape index (κ2) is 6.97. The fourth-order valence-electron chi connectivity index (χ4n) is 3.29. The summed E-state index contributed by atoms with van der Waals surface area (Å²) in [4.78, 5) is 26.6. The van der Waals surface area contributed by atoms with Crippen molar-refractivity contribution in [3.8, 4) is 0 Å². The molecule has 0 spiro atoms. The summed E-state index contributed by atoms with van der Waals surface area (Å²) in [5.41, 5.74) is 0.142. The zero-order valence-corrected chi connectivity index (χ0v) is 15.1. The van der Waals surface area contributed by atoms with E-state index in [1.54, 1.807) is 6.92 Å². The first-order valence-corrected chi connectivity index (χ1v) is 8.62. The summed E-state index contributed by atoms with van der Waals surface area (Å²) in [6.45, 7) is 1.61. The molecule has 0 saturated carbocycles. The smallest absolute Gasteiger partial charge is 0.301 e. The van der Waals surface area contributed by atoms with Gasteiger partial charge in [-0.2, -0.15) is 0 Å². The maximum absolute atomic E-state index is 13.9. The van der Waals surface area contributed by atoms with Crippen LogP contribution in [-0.4, -0.2) is 22.0 Å². The van der Waals surface area contributed by atoms with E-state index in [2.05, 4.69) is 5.16 Å². The maximum Gasteiger partial charge on any atom is 0.301 e. The van der Waals surface area contributed by atoms with Crippen LogP contribution < -0.4 is 4.90 Å². The fourth-order valence-corrected chi connectivity index (χ4v) is 3.29. The molecule has 1 aliphatic rings. The molecule has 6 nitrogen and oxygen atoms in total. The molecule has 1 aromatic heterocycles. The van der Waals surface area contributed by atoms with E-state index in [-0.39, 0.29) is 22.5 Å². The second-order valence-electron chi connectivity index (χ2n) is 6.53. The van der Waals surface area contributed by atoms with Gasteiger partial charge in [-0.1, -0.05) is 17.3 Å². The first kappa shape index (κ1) is 18.5. The van der Waals surface area contributed by atoms with E-state index in [0.29, 0.717) is 5.76 Å². The van der Waals surface area contributed by atoms with Gasteiger partial charge in [0.25, 0.3) is 5.78 Å². The number of aryl methyl sites for hydroxylation is 1. The highest BCUT2D eigenvalue weighted by Gasteiger charge is 2.48. The Morgan fingerprint density at radius 3 is 2.41 bits per heavy atom. The summed E-state index contributed by atoms with van der Waals surface area (Å²) >= 11 is 0. The minimum atomic E-state index is -1.14. The SMILES string of the molecule is Cc1cc(N2C(=O)C(=O)/C(=C(/O)c3ccc(F)cc3)C2c2cccc(F)c2)no1. The Bertz CT molecular complexity index is 1150. The molecule has 1 unspecified atom stereocenters. The van der Waals surface area contributed by atoms with Crippen LogP contribution in [0.4, 0.5) is 14.6 Å². The van der Waals surface area contributed by atoms with E-state index >= 15 is 0 Å². The molecule has 1 saturated heterocycles. The molecule has 1 fully saturated rings. The van der Waals surface area contributed by atoms with E-state index in [1.807, 2.05) is 0 Å². The molecule has 1 N–H and O–H groups in total. The number of aromatic nitrogens is 1. The number of rotatable bonds is 3. The molecule has 29 heavy (non-hydrogen) atoms. The number of benzene rings is 2. The molecule has 146 valence electrons. The van der Waals surface area contributed by atoms with Gasteiger partial charge in [0.15, 0.2) is 5.82 Å². The Kier molecular flexibility index (Phi) is 4.46. The van der Waals surface area contributed by atoms with Crippen LogP contribution in [0.25, 0.3) is 5.76 Å². The third-order valence-electron chi connectivity index (χ3n) is 4.59. The topological polar surface area (TPSA) is 83.6 Å². The normalized spacial score (nSPS) is 18.4. The van der Waals surface area contributed by atoms with Gasteiger partial charge in [0.2, 0.25) is 0 Å². The van der Waals surface area contributed by atoms with Crippen molar-refractivity contribution >= 4 is 23.3 Å².